The monoisotopic (exact) mass is 275 g/mol. The standard InChI is InChI=1S/C14H17N3O3/c1-2-11-13(19)16-12(18)8-17(11)14(20)10-5-3-9(7-15)4-6-10/h3-6,11H,2,7-8,15H2,1H3,(H,16,18,19). The first kappa shape index (κ1) is 14.2. The van der Waals surface area contributed by atoms with E-state index in [1.165, 1.54) is 4.90 Å². The quantitative estimate of drug-likeness (QED) is 0.761. The molecule has 3 N–H and O–H groups in total. The highest BCUT2D eigenvalue weighted by molar-refractivity contribution is 6.07. The molecule has 6 nitrogen and oxygen atoms in total. The van der Waals surface area contributed by atoms with Crippen molar-refractivity contribution in [3.63, 3.8) is 0 Å². The van der Waals surface area contributed by atoms with E-state index in [1.807, 2.05) is 0 Å². The summed E-state index contributed by atoms with van der Waals surface area (Å²) >= 11 is 0. The van der Waals surface area contributed by atoms with Crippen LogP contribution < -0.4 is 11.1 Å². The van der Waals surface area contributed by atoms with E-state index in [4.69, 9.17) is 5.73 Å². The predicted octanol–water partition coefficient (Wildman–Crippen LogP) is 0.0225. The number of hydrogen-bond acceptors (Lipinski definition) is 4. The minimum absolute atomic E-state index is 0.0955. The van der Waals surface area contributed by atoms with Gasteiger partial charge in [0.15, 0.2) is 0 Å². The van der Waals surface area contributed by atoms with Gasteiger partial charge in [-0.2, -0.15) is 0 Å². The summed E-state index contributed by atoms with van der Waals surface area (Å²) < 4.78 is 0. The third-order valence-electron chi connectivity index (χ3n) is 3.34. The maximum atomic E-state index is 12.4. The summed E-state index contributed by atoms with van der Waals surface area (Å²) in [6.45, 7) is 2.11. The second-order valence-electron chi connectivity index (χ2n) is 4.67. The summed E-state index contributed by atoms with van der Waals surface area (Å²) in [5, 5.41) is 2.25. The molecular formula is C14H17N3O3. The molecule has 1 aromatic rings. The average Bonchev–Trinajstić information content (AvgIpc) is 2.46. The van der Waals surface area contributed by atoms with Crippen LogP contribution in [0.4, 0.5) is 0 Å². The molecule has 106 valence electrons. The average molecular weight is 275 g/mol. The fourth-order valence-electron chi connectivity index (χ4n) is 2.24. The molecule has 1 atom stereocenters. The molecule has 1 aliphatic rings. The number of carbonyl (C=O) groups excluding carboxylic acids is 3. The van der Waals surface area contributed by atoms with Gasteiger partial charge in [0, 0.05) is 12.1 Å². The second-order valence-corrected chi connectivity index (χ2v) is 4.67. The molecule has 3 amide bonds. The maximum Gasteiger partial charge on any atom is 0.255 e. The van der Waals surface area contributed by atoms with Crippen molar-refractivity contribution < 1.29 is 14.4 Å². The number of rotatable bonds is 3. The van der Waals surface area contributed by atoms with Crippen molar-refractivity contribution in [3.8, 4) is 0 Å². The number of amides is 3. The Morgan fingerprint density at radius 3 is 2.55 bits per heavy atom. The third kappa shape index (κ3) is 2.70. The van der Waals surface area contributed by atoms with Crippen molar-refractivity contribution in [2.75, 3.05) is 6.54 Å². The first-order valence-corrected chi connectivity index (χ1v) is 6.50. The summed E-state index contributed by atoms with van der Waals surface area (Å²) in [6, 6.07) is 6.25. The Morgan fingerprint density at radius 2 is 2.00 bits per heavy atom. The molecule has 1 aromatic carbocycles. The number of imide groups is 1. The molecule has 0 radical (unpaired) electrons. The van der Waals surface area contributed by atoms with Crippen LogP contribution in [-0.2, 0) is 16.1 Å². The first-order valence-electron chi connectivity index (χ1n) is 6.50. The lowest BCUT2D eigenvalue weighted by atomic mass is 10.1. The van der Waals surface area contributed by atoms with Crippen LogP contribution in [0.3, 0.4) is 0 Å². The molecule has 1 fully saturated rings. The fraction of sp³-hybridized carbons (Fsp3) is 0.357. The van der Waals surface area contributed by atoms with Crippen LogP contribution in [-0.4, -0.2) is 35.2 Å². The lowest BCUT2D eigenvalue weighted by Crippen LogP contribution is -2.59. The minimum Gasteiger partial charge on any atom is -0.326 e. The van der Waals surface area contributed by atoms with Crippen molar-refractivity contribution in [2.24, 2.45) is 5.73 Å². The zero-order valence-electron chi connectivity index (χ0n) is 11.3. The number of hydrogen-bond donors (Lipinski definition) is 2. The summed E-state index contributed by atoms with van der Waals surface area (Å²) in [5.41, 5.74) is 6.87. The molecule has 2 rings (SSSR count). The number of carbonyl (C=O) groups is 3. The Bertz CT molecular complexity index is 539. The van der Waals surface area contributed by atoms with Crippen LogP contribution in [0.25, 0.3) is 0 Å². The summed E-state index contributed by atoms with van der Waals surface area (Å²) in [4.78, 5) is 36.9. The zero-order valence-corrected chi connectivity index (χ0v) is 11.3. The van der Waals surface area contributed by atoms with Crippen LogP contribution in [0.2, 0.25) is 0 Å². The SMILES string of the molecule is CCC1C(=O)NC(=O)CN1C(=O)c1ccc(CN)cc1. The van der Waals surface area contributed by atoms with Gasteiger partial charge >= 0.3 is 0 Å². The van der Waals surface area contributed by atoms with Gasteiger partial charge < -0.3 is 10.6 Å². The van der Waals surface area contributed by atoms with E-state index in [1.54, 1.807) is 31.2 Å². The van der Waals surface area contributed by atoms with Crippen LogP contribution in [0.1, 0.15) is 29.3 Å². The summed E-state index contributed by atoms with van der Waals surface area (Å²) in [5.74, 6) is -1.19. The fourth-order valence-corrected chi connectivity index (χ4v) is 2.24. The Morgan fingerprint density at radius 1 is 1.35 bits per heavy atom. The number of nitrogens with zero attached hydrogens (tertiary/aromatic N) is 1. The highest BCUT2D eigenvalue weighted by Crippen LogP contribution is 2.14. The normalized spacial score (nSPS) is 18.9. The van der Waals surface area contributed by atoms with Gasteiger partial charge in [0.05, 0.1) is 0 Å². The highest BCUT2D eigenvalue weighted by atomic mass is 16.2. The van der Waals surface area contributed by atoms with Crippen molar-refractivity contribution >= 4 is 17.7 Å². The lowest BCUT2D eigenvalue weighted by molar-refractivity contribution is -0.138. The molecule has 6 heteroatoms. The maximum absolute atomic E-state index is 12.4. The van der Waals surface area contributed by atoms with Gasteiger partial charge in [-0.05, 0) is 24.1 Å². The Balaban J connectivity index is 2.24. The van der Waals surface area contributed by atoms with Gasteiger partial charge in [-0.3, -0.25) is 19.7 Å². The number of nitrogens with one attached hydrogen (secondary N) is 1. The van der Waals surface area contributed by atoms with E-state index in [0.717, 1.165) is 5.56 Å². The third-order valence-corrected chi connectivity index (χ3v) is 3.34. The molecule has 0 bridgehead atoms. The topological polar surface area (TPSA) is 92.5 Å². The highest BCUT2D eigenvalue weighted by Gasteiger charge is 2.35. The zero-order chi connectivity index (χ0) is 14.7. The van der Waals surface area contributed by atoms with Crippen molar-refractivity contribution in [2.45, 2.75) is 25.9 Å². The molecule has 0 aliphatic carbocycles. The van der Waals surface area contributed by atoms with Gasteiger partial charge in [-0.15, -0.1) is 0 Å². The van der Waals surface area contributed by atoms with Crippen LogP contribution >= 0.6 is 0 Å². The van der Waals surface area contributed by atoms with Gasteiger partial charge in [0.25, 0.3) is 5.91 Å². The van der Waals surface area contributed by atoms with E-state index in [2.05, 4.69) is 5.32 Å². The molecule has 20 heavy (non-hydrogen) atoms. The Kier molecular flexibility index (Phi) is 4.14. The van der Waals surface area contributed by atoms with Crippen molar-refractivity contribution in [1.82, 2.24) is 10.2 Å². The molecule has 1 saturated heterocycles. The van der Waals surface area contributed by atoms with Crippen LogP contribution in [0.15, 0.2) is 24.3 Å². The molecule has 0 saturated carbocycles. The van der Waals surface area contributed by atoms with E-state index in [0.29, 0.717) is 18.5 Å². The Labute approximate surface area is 116 Å². The van der Waals surface area contributed by atoms with Gasteiger partial charge in [0.2, 0.25) is 11.8 Å². The summed E-state index contributed by atoms with van der Waals surface area (Å²) in [7, 11) is 0. The summed E-state index contributed by atoms with van der Waals surface area (Å²) in [6.07, 6.45) is 0.464. The molecule has 1 aliphatic heterocycles. The second kappa shape index (κ2) is 5.83. The molecule has 0 spiro atoms. The Hall–Kier alpha value is -2.21. The van der Waals surface area contributed by atoms with E-state index in [9.17, 15) is 14.4 Å². The van der Waals surface area contributed by atoms with Crippen LogP contribution in [0.5, 0.6) is 0 Å². The van der Waals surface area contributed by atoms with Crippen molar-refractivity contribution in [3.05, 3.63) is 35.4 Å². The molecule has 1 heterocycles. The first-order chi connectivity index (χ1) is 9.56. The van der Waals surface area contributed by atoms with E-state index < -0.39 is 17.9 Å². The van der Waals surface area contributed by atoms with E-state index >= 15 is 0 Å². The largest absolute Gasteiger partial charge is 0.326 e. The van der Waals surface area contributed by atoms with Crippen molar-refractivity contribution in [1.29, 1.82) is 0 Å². The number of benzene rings is 1. The smallest absolute Gasteiger partial charge is 0.255 e. The number of nitrogens with two attached hydrogens (primary N) is 1. The van der Waals surface area contributed by atoms with Gasteiger partial charge in [0.1, 0.15) is 12.6 Å². The molecule has 1 unspecified atom stereocenters. The minimum atomic E-state index is -0.602. The van der Waals surface area contributed by atoms with E-state index in [-0.39, 0.29) is 12.5 Å². The molecule has 0 aromatic heterocycles. The van der Waals surface area contributed by atoms with Gasteiger partial charge in [-0.1, -0.05) is 19.1 Å². The lowest BCUT2D eigenvalue weighted by Gasteiger charge is -2.33. The van der Waals surface area contributed by atoms with Crippen LogP contribution in [0, 0.1) is 0 Å². The predicted molar refractivity (Wildman–Crippen MR) is 72.6 cm³/mol. The molecular weight excluding hydrogens is 258 g/mol. The van der Waals surface area contributed by atoms with Gasteiger partial charge in [-0.25, -0.2) is 0 Å². The number of piperazine rings is 1.